The fourth-order valence-corrected chi connectivity index (χ4v) is 4.68. The number of fused-ring (bicyclic) bond motifs is 1. The first-order valence-corrected chi connectivity index (χ1v) is 12.1. The molecular weight excluding hydrogens is 459 g/mol. The lowest BCUT2D eigenvalue weighted by atomic mass is 10.1. The van der Waals surface area contributed by atoms with Crippen LogP contribution in [0.1, 0.15) is 41.8 Å². The molecule has 5 nitrogen and oxygen atoms in total. The summed E-state index contributed by atoms with van der Waals surface area (Å²) >= 11 is 7.74. The van der Waals surface area contributed by atoms with E-state index in [1.807, 2.05) is 44.2 Å². The number of nitrogens with zero attached hydrogens (tertiary/aromatic N) is 3. The average Bonchev–Trinajstić information content (AvgIpc) is 3.16. The van der Waals surface area contributed by atoms with Crippen molar-refractivity contribution in [3.05, 3.63) is 88.5 Å². The number of amides is 1. The molecule has 4 aromatic rings. The number of thioether (sulfide) groups is 1. The monoisotopic (exact) mass is 482 g/mol. The third-order valence-electron chi connectivity index (χ3n) is 5.43. The second-order valence-corrected chi connectivity index (χ2v) is 9.20. The highest BCUT2D eigenvalue weighted by Gasteiger charge is 2.14. The first kappa shape index (κ1) is 23.3. The number of nitrogens with one attached hydrogen (secondary N) is 1. The number of carbonyl (C=O) groups is 1. The van der Waals surface area contributed by atoms with Crippen molar-refractivity contribution in [2.45, 2.75) is 43.8 Å². The maximum Gasteiger partial charge on any atom is 0.251 e. The number of hydrogen-bond donors (Lipinski definition) is 1. The number of pyridine rings is 1. The largest absolute Gasteiger partial charge is 0.350 e. The Bertz CT molecular complexity index is 1280. The fraction of sp³-hybridized carbons (Fsp3) is 0.240. The van der Waals surface area contributed by atoms with Gasteiger partial charge in [0.15, 0.2) is 5.16 Å². The molecule has 0 aliphatic heterocycles. The van der Waals surface area contributed by atoms with Gasteiger partial charge in [-0.15, -0.1) is 0 Å². The van der Waals surface area contributed by atoms with Crippen LogP contribution in [0.2, 0.25) is 5.02 Å². The van der Waals surface area contributed by atoms with Crippen LogP contribution >= 0.6 is 23.4 Å². The molecule has 4 rings (SSSR count). The minimum absolute atomic E-state index is 0.0689. The minimum atomic E-state index is -0.353. The van der Waals surface area contributed by atoms with Gasteiger partial charge in [0.1, 0.15) is 5.82 Å². The minimum Gasteiger partial charge on any atom is -0.350 e. The summed E-state index contributed by atoms with van der Waals surface area (Å²) in [6.45, 7) is 4.61. The van der Waals surface area contributed by atoms with Crippen LogP contribution in [-0.4, -0.2) is 26.5 Å². The molecule has 0 fully saturated rings. The third-order valence-corrected chi connectivity index (χ3v) is 6.81. The second-order valence-electron chi connectivity index (χ2n) is 7.85. The average molecular weight is 483 g/mol. The summed E-state index contributed by atoms with van der Waals surface area (Å²) in [5.74, 6) is 0.138. The van der Waals surface area contributed by atoms with Crippen molar-refractivity contribution >= 4 is 40.3 Å². The molecule has 0 bridgehead atoms. The van der Waals surface area contributed by atoms with Crippen LogP contribution in [0.3, 0.4) is 0 Å². The number of hydrogen-bond acceptors (Lipinski definition) is 4. The van der Waals surface area contributed by atoms with E-state index in [0.29, 0.717) is 22.9 Å². The molecule has 8 heteroatoms. The molecular formula is C25H24ClFN4OS. The van der Waals surface area contributed by atoms with Gasteiger partial charge in [-0.05, 0) is 54.8 Å². The Balaban J connectivity index is 1.56. The van der Waals surface area contributed by atoms with Crippen molar-refractivity contribution in [3.8, 4) is 0 Å². The van der Waals surface area contributed by atoms with Gasteiger partial charge in [0.25, 0.3) is 5.91 Å². The molecule has 0 aliphatic carbocycles. The topological polar surface area (TPSA) is 59.8 Å². The summed E-state index contributed by atoms with van der Waals surface area (Å²) in [7, 11) is 0. The highest BCUT2D eigenvalue weighted by atomic mass is 35.5. The summed E-state index contributed by atoms with van der Waals surface area (Å²) in [4.78, 5) is 21.4. The molecule has 0 saturated carbocycles. The Morgan fingerprint density at radius 1 is 1.21 bits per heavy atom. The van der Waals surface area contributed by atoms with E-state index in [1.54, 1.807) is 18.5 Å². The van der Waals surface area contributed by atoms with Crippen molar-refractivity contribution in [2.75, 3.05) is 0 Å². The Morgan fingerprint density at radius 3 is 2.73 bits per heavy atom. The summed E-state index contributed by atoms with van der Waals surface area (Å²) in [6, 6.07) is 14.0. The van der Waals surface area contributed by atoms with E-state index in [2.05, 4.69) is 14.9 Å². The molecule has 1 atom stereocenters. The fourth-order valence-electron chi connectivity index (χ4n) is 3.35. The van der Waals surface area contributed by atoms with Crippen LogP contribution < -0.4 is 5.32 Å². The van der Waals surface area contributed by atoms with Crippen LogP contribution in [0.4, 0.5) is 4.39 Å². The molecule has 1 amide bonds. The third kappa shape index (κ3) is 5.54. The molecule has 1 N–H and O–H groups in total. The standard InChI is InChI=1S/C25H24ClFN4OS/c1-3-16(2)29-24(32)18-6-4-17(5-7-18)14-31-23-13-28-11-10-22(23)30-25(31)33-15-19-8-9-20(27)12-21(19)26/h4-13,16H,3,14-15H2,1-2H3,(H,29,32)/t16-/m0/s1. The SMILES string of the molecule is CC[C@H](C)NC(=O)c1ccc(Cn2c(SCc3ccc(F)cc3Cl)nc3ccncc32)cc1. The predicted octanol–water partition coefficient (Wildman–Crippen LogP) is 6.09. The van der Waals surface area contributed by atoms with Crippen molar-refractivity contribution in [1.29, 1.82) is 0 Å². The Hall–Kier alpha value is -2.90. The Labute approximate surface area is 201 Å². The molecule has 33 heavy (non-hydrogen) atoms. The molecule has 2 heterocycles. The van der Waals surface area contributed by atoms with E-state index >= 15 is 0 Å². The molecule has 0 spiro atoms. The zero-order chi connectivity index (χ0) is 23.4. The summed E-state index contributed by atoms with van der Waals surface area (Å²) in [5, 5.41) is 4.20. The van der Waals surface area contributed by atoms with Gasteiger partial charge in [0, 0.05) is 28.6 Å². The number of benzene rings is 2. The number of carbonyl (C=O) groups excluding carboxylic acids is 1. The summed E-state index contributed by atoms with van der Waals surface area (Å²) < 4.78 is 15.5. The van der Waals surface area contributed by atoms with Crippen molar-refractivity contribution in [2.24, 2.45) is 0 Å². The molecule has 0 aliphatic rings. The lowest BCUT2D eigenvalue weighted by Crippen LogP contribution is -2.31. The molecule has 0 unspecified atom stereocenters. The Morgan fingerprint density at radius 2 is 2.00 bits per heavy atom. The number of aromatic nitrogens is 3. The van der Waals surface area contributed by atoms with E-state index < -0.39 is 0 Å². The van der Waals surface area contributed by atoms with Crippen LogP contribution in [0.15, 0.2) is 66.1 Å². The van der Waals surface area contributed by atoms with Gasteiger partial charge in [-0.3, -0.25) is 9.78 Å². The number of imidazole rings is 1. The maximum absolute atomic E-state index is 13.4. The van der Waals surface area contributed by atoms with Crippen LogP contribution in [0.25, 0.3) is 11.0 Å². The Kier molecular flexibility index (Phi) is 7.30. The highest BCUT2D eigenvalue weighted by Crippen LogP contribution is 2.30. The van der Waals surface area contributed by atoms with Gasteiger partial charge in [-0.1, -0.05) is 48.5 Å². The summed E-state index contributed by atoms with van der Waals surface area (Å²) in [5.41, 5.74) is 4.29. The lowest BCUT2D eigenvalue weighted by Gasteiger charge is -2.12. The van der Waals surface area contributed by atoms with E-state index in [4.69, 9.17) is 16.6 Å². The molecule has 2 aromatic heterocycles. The van der Waals surface area contributed by atoms with Crippen LogP contribution in [-0.2, 0) is 12.3 Å². The molecule has 0 radical (unpaired) electrons. The molecule has 170 valence electrons. The zero-order valence-corrected chi connectivity index (χ0v) is 20.0. The number of halogens is 2. The van der Waals surface area contributed by atoms with Crippen LogP contribution in [0.5, 0.6) is 0 Å². The van der Waals surface area contributed by atoms with E-state index in [1.165, 1.54) is 23.9 Å². The van der Waals surface area contributed by atoms with Crippen molar-refractivity contribution < 1.29 is 9.18 Å². The normalized spacial score (nSPS) is 12.1. The van der Waals surface area contributed by atoms with E-state index in [0.717, 1.165) is 33.7 Å². The van der Waals surface area contributed by atoms with Crippen LogP contribution in [0, 0.1) is 5.82 Å². The molecule has 2 aromatic carbocycles. The van der Waals surface area contributed by atoms with E-state index in [-0.39, 0.29) is 17.8 Å². The van der Waals surface area contributed by atoms with Gasteiger partial charge in [-0.2, -0.15) is 0 Å². The van der Waals surface area contributed by atoms with Gasteiger partial charge in [0.05, 0.1) is 23.8 Å². The highest BCUT2D eigenvalue weighted by molar-refractivity contribution is 7.98. The first-order chi connectivity index (χ1) is 15.9. The smallest absolute Gasteiger partial charge is 0.251 e. The van der Waals surface area contributed by atoms with Crippen molar-refractivity contribution in [1.82, 2.24) is 19.9 Å². The first-order valence-electron chi connectivity index (χ1n) is 10.7. The van der Waals surface area contributed by atoms with Gasteiger partial charge >= 0.3 is 0 Å². The van der Waals surface area contributed by atoms with Gasteiger partial charge < -0.3 is 9.88 Å². The maximum atomic E-state index is 13.4. The predicted molar refractivity (Wildman–Crippen MR) is 131 cm³/mol. The van der Waals surface area contributed by atoms with Crippen molar-refractivity contribution in [3.63, 3.8) is 0 Å². The lowest BCUT2D eigenvalue weighted by molar-refractivity contribution is 0.0939. The number of rotatable bonds is 8. The van der Waals surface area contributed by atoms with E-state index in [9.17, 15) is 9.18 Å². The summed E-state index contributed by atoms with van der Waals surface area (Å²) in [6.07, 6.45) is 4.40. The van der Waals surface area contributed by atoms with Gasteiger partial charge in [0.2, 0.25) is 0 Å². The second kappa shape index (κ2) is 10.4. The zero-order valence-electron chi connectivity index (χ0n) is 18.4. The van der Waals surface area contributed by atoms with Gasteiger partial charge in [-0.25, -0.2) is 9.37 Å². The molecule has 0 saturated heterocycles. The quantitative estimate of drug-likeness (QED) is 0.308.